The number of nitrogens with zero attached hydrogens (tertiary/aromatic N) is 2. The summed E-state index contributed by atoms with van der Waals surface area (Å²) in [5, 5.41) is 10.2. The van der Waals surface area contributed by atoms with Gasteiger partial charge < -0.3 is 15.6 Å². The maximum atomic E-state index is 13.9. The summed E-state index contributed by atoms with van der Waals surface area (Å²) in [6.07, 6.45) is 7.26. The van der Waals surface area contributed by atoms with Gasteiger partial charge >= 0.3 is 0 Å². The number of benzene rings is 2. The van der Waals surface area contributed by atoms with Gasteiger partial charge in [0, 0.05) is 39.8 Å². The van der Waals surface area contributed by atoms with Crippen LogP contribution in [0.4, 0.5) is 5.69 Å². The van der Waals surface area contributed by atoms with E-state index >= 15 is 0 Å². The van der Waals surface area contributed by atoms with E-state index in [1.54, 1.807) is 6.07 Å². The molecule has 180 valence electrons. The van der Waals surface area contributed by atoms with E-state index in [1.165, 1.54) is 36.9 Å². The second kappa shape index (κ2) is 7.96. The van der Waals surface area contributed by atoms with Crippen molar-refractivity contribution >= 4 is 22.4 Å². The Balaban J connectivity index is 1.44. The normalized spacial score (nSPS) is 23.5. The molecule has 5 heteroatoms. The average Bonchev–Trinajstić information content (AvgIpc) is 3.21. The molecule has 1 saturated heterocycles. The third kappa shape index (κ3) is 3.27. The first-order chi connectivity index (χ1) is 16.8. The van der Waals surface area contributed by atoms with Gasteiger partial charge in [0.1, 0.15) is 0 Å². The molecule has 2 aromatic carbocycles. The lowest BCUT2D eigenvalue weighted by Crippen LogP contribution is -2.50. The summed E-state index contributed by atoms with van der Waals surface area (Å²) in [6, 6.07) is 12.1. The maximum Gasteiger partial charge on any atom is 0.195 e. The third-order valence-electron chi connectivity index (χ3n) is 9.11. The van der Waals surface area contributed by atoms with Crippen molar-refractivity contribution in [3.63, 3.8) is 0 Å². The molecule has 2 heterocycles. The lowest BCUT2D eigenvalue weighted by Gasteiger charge is -2.45. The van der Waals surface area contributed by atoms with Crippen molar-refractivity contribution < 1.29 is 4.79 Å². The number of anilines is 1. The molecule has 6 rings (SSSR count). The van der Waals surface area contributed by atoms with Gasteiger partial charge in [-0.1, -0.05) is 46.1 Å². The van der Waals surface area contributed by atoms with E-state index in [-0.39, 0.29) is 17.4 Å². The fourth-order valence-corrected chi connectivity index (χ4v) is 6.79. The molecule has 3 aromatic rings. The molecule has 5 nitrogen and oxygen atoms in total. The molecule has 2 unspecified atom stereocenters. The highest BCUT2D eigenvalue weighted by atomic mass is 16.1. The van der Waals surface area contributed by atoms with Crippen molar-refractivity contribution in [3.8, 4) is 6.07 Å². The molecule has 1 aromatic heterocycles. The minimum absolute atomic E-state index is 0.0214. The predicted molar refractivity (Wildman–Crippen MR) is 140 cm³/mol. The van der Waals surface area contributed by atoms with Crippen LogP contribution in [0.1, 0.15) is 91.2 Å². The molecule has 0 radical (unpaired) electrons. The lowest BCUT2D eigenvalue weighted by atomic mass is 9.70. The average molecular weight is 467 g/mol. The van der Waals surface area contributed by atoms with Crippen molar-refractivity contribution in [2.45, 2.75) is 70.9 Å². The molecule has 3 N–H and O–H groups in total. The molecular formula is C30H34N4O. The first kappa shape index (κ1) is 22.4. The highest BCUT2D eigenvalue weighted by Gasteiger charge is 2.41. The number of ketones is 1. The highest BCUT2D eigenvalue weighted by molar-refractivity contribution is 6.20. The van der Waals surface area contributed by atoms with Crippen LogP contribution in [0.3, 0.4) is 0 Å². The molecule has 0 amide bonds. The molecule has 0 spiro atoms. The van der Waals surface area contributed by atoms with Crippen LogP contribution in [0.5, 0.6) is 0 Å². The number of aromatic amines is 1. The molecule has 0 bridgehead atoms. The van der Waals surface area contributed by atoms with Crippen LogP contribution >= 0.6 is 0 Å². The number of carbonyl (C=O) groups is 1. The summed E-state index contributed by atoms with van der Waals surface area (Å²) in [4.78, 5) is 19.8. The van der Waals surface area contributed by atoms with Gasteiger partial charge in [-0.15, -0.1) is 0 Å². The number of fused-ring (bicyclic) bond motifs is 4. The summed E-state index contributed by atoms with van der Waals surface area (Å²) >= 11 is 0. The number of nitriles is 1. The zero-order chi connectivity index (χ0) is 24.5. The van der Waals surface area contributed by atoms with Crippen LogP contribution in [0.25, 0.3) is 10.9 Å². The van der Waals surface area contributed by atoms with E-state index in [9.17, 15) is 10.1 Å². The topological polar surface area (TPSA) is 85.9 Å². The number of aryl methyl sites for hydroxylation is 1. The Kier molecular flexibility index (Phi) is 5.09. The highest BCUT2D eigenvalue weighted by Crippen LogP contribution is 2.47. The monoisotopic (exact) mass is 466 g/mol. The van der Waals surface area contributed by atoms with Gasteiger partial charge in [0.2, 0.25) is 0 Å². The number of rotatable bonds is 3. The standard InChI is InChI=1S/C30H34N4O/c1-4-18-13-22-23(15-25(18)34-11-10-20(14-26(34)32)19-6-5-7-19)30(2,3)29-27(28(22)35)21-9-8-17(16-31)12-24(21)33-29/h8-9,12-13,15,19-20,26,33H,4-7,10-11,14,32H2,1-3H3. The molecule has 2 aliphatic carbocycles. The van der Waals surface area contributed by atoms with Crippen LogP contribution in [-0.4, -0.2) is 23.5 Å². The number of nitrogens with two attached hydrogens (primary N) is 1. The second-order valence-electron chi connectivity index (χ2n) is 11.3. The van der Waals surface area contributed by atoms with Gasteiger partial charge in [-0.05, 0) is 66.5 Å². The zero-order valence-corrected chi connectivity index (χ0v) is 20.9. The van der Waals surface area contributed by atoms with Crippen LogP contribution in [0, 0.1) is 23.2 Å². The Bertz CT molecular complexity index is 1390. The van der Waals surface area contributed by atoms with Gasteiger partial charge in [-0.2, -0.15) is 5.26 Å². The Labute approximate surface area is 207 Å². The van der Waals surface area contributed by atoms with Crippen LogP contribution in [-0.2, 0) is 11.8 Å². The predicted octanol–water partition coefficient (Wildman–Crippen LogP) is 5.77. The van der Waals surface area contributed by atoms with E-state index in [4.69, 9.17) is 5.73 Å². The van der Waals surface area contributed by atoms with Crippen LogP contribution < -0.4 is 10.6 Å². The first-order valence-corrected chi connectivity index (χ1v) is 13.1. The van der Waals surface area contributed by atoms with Crippen LogP contribution in [0.15, 0.2) is 30.3 Å². The summed E-state index contributed by atoms with van der Waals surface area (Å²) in [5.41, 5.74) is 13.8. The number of aromatic nitrogens is 1. The van der Waals surface area contributed by atoms with Crippen molar-refractivity contribution in [3.05, 3.63) is 63.8 Å². The van der Waals surface area contributed by atoms with E-state index < -0.39 is 0 Å². The fourth-order valence-electron chi connectivity index (χ4n) is 6.79. The molecular weight excluding hydrogens is 432 g/mol. The largest absolute Gasteiger partial charge is 0.357 e. The Morgan fingerprint density at radius 3 is 2.63 bits per heavy atom. The summed E-state index contributed by atoms with van der Waals surface area (Å²) in [6.45, 7) is 7.53. The SMILES string of the molecule is CCc1cc2c(cc1N1CCC(C3CCC3)CC1N)C(C)(C)c1[nH]c3cc(C#N)ccc3c1C2=O. The molecule has 1 aliphatic heterocycles. The molecule has 2 atom stereocenters. The lowest BCUT2D eigenvalue weighted by molar-refractivity contribution is 0.103. The van der Waals surface area contributed by atoms with Gasteiger partial charge in [0.25, 0.3) is 0 Å². The first-order valence-electron chi connectivity index (χ1n) is 13.1. The Morgan fingerprint density at radius 2 is 1.97 bits per heavy atom. The quantitative estimate of drug-likeness (QED) is 0.513. The Hall–Kier alpha value is -3.10. The van der Waals surface area contributed by atoms with Crippen molar-refractivity contribution in [2.24, 2.45) is 17.6 Å². The minimum atomic E-state index is -0.375. The smallest absolute Gasteiger partial charge is 0.195 e. The van der Waals surface area contributed by atoms with Gasteiger partial charge in [-0.3, -0.25) is 4.79 Å². The number of hydrogen-bond acceptors (Lipinski definition) is 4. The van der Waals surface area contributed by atoms with Gasteiger partial charge in [-0.25, -0.2) is 0 Å². The number of nitrogens with one attached hydrogen (secondary N) is 1. The number of hydrogen-bond donors (Lipinski definition) is 2. The fraction of sp³-hybridized carbons (Fsp3) is 0.467. The van der Waals surface area contributed by atoms with E-state index in [0.29, 0.717) is 5.56 Å². The van der Waals surface area contributed by atoms with Crippen molar-refractivity contribution in [2.75, 3.05) is 11.4 Å². The summed E-state index contributed by atoms with van der Waals surface area (Å²) in [5.74, 6) is 1.69. The van der Waals surface area contributed by atoms with E-state index in [0.717, 1.165) is 64.5 Å². The number of piperidine rings is 1. The number of H-pyrrole nitrogens is 1. The molecule has 1 saturated carbocycles. The zero-order valence-electron chi connectivity index (χ0n) is 20.9. The summed E-state index contributed by atoms with van der Waals surface area (Å²) in [7, 11) is 0. The van der Waals surface area contributed by atoms with Crippen LogP contribution in [0.2, 0.25) is 0 Å². The van der Waals surface area contributed by atoms with E-state index in [2.05, 4.69) is 48.9 Å². The van der Waals surface area contributed by atoms with E-state index in [1.807, 2.05) is 12.1 Å². The van der Waals surface area contributed by atoms with Crippen molar-refractivity contribution in [1.82, 2.24) is 4.98 Å². The molecule has 3 aliphatic rings. The van der Waals surface area contributed by atoms with Gasteiger partial charge in [0.15, 0.2) is 5.78 Å². The number of carbonyl (C=O) groups excluding carboxylic acids is 1. The second-order valence-corrected chi connectivity index (χ2v) is 11.3. The molecule has 2 fully saturated rings. The molecule has 35 heavy (non-hydrogen) atoms. The van der Waals surface area contributed by atoms with Gasteiger partial charge in [0.05, 0.1) is 23.4 Å². The minimum Gasteiger partial charge on any atom is -0.357 e. The Morgan fingerprint density at radius 1 is 1.17 bits per heavy atom. The van der Waals surface area contributed by atoms with Crippen molar-refractivity contribution in [1.29, 1.82) is 5.26 Å². The summed E-state index contributed by atoms with van der Waals surface area (Å²) < 4.78 is 0. The third-order valence-corrected chi connectivity index (χ3v) is 9.11. The maximum absolute atomic E-state index is 13.9.